The van der Waals surface area contributed by atoms with Gasteiger partial charge in [0.25, 0.3) is 0 Å². The van der Waals surface area contributed by atoms with Crippen molar-refractivity contribution in [2.45, 2.75) is 12.8 Å². The quantitative estimate of drug-likeness (QED) is 0.668. The second kappa shape index (κ2) is 10.8. The zero-order valence-corrected chi connectivity index (χ0v) is 18.3. The van der Waals surface area contributed by atoms with Crippen molar-refractivity contribution in [3.63, 3.8) is 0 Å². The number of nitrogens with zero attached hydrogens (tertiary/aromatic N) is 3. The molecule has 0 unspecified atom stereocenters. The summed E-state index contributed by atoms with van der Waals surface area (Å²) in [5, 5.41) is 3.71. The third kappa shape index (κ3) is 6.45. The van der Waals surface area contributed by atoms with Crippen LogP contribution in [0.25, 0.3) is 6.08 Å². The molecular formula is C21H26Cl2N4O3. The van der Waals surface area contributed by atoms with E-state index in [1.807, 2.05) is 4.90 Å². The molecule has 2 aliphatic heterocycles. The van der Waals surface area contributed by atoms with E-state index < -0.39 is 0 Å². The summed E-state index contributed by atoms with van der Waals surface area (Å²) in [5.74, 6) is -0.0135. The van der Waals surface area contributed by atoms with E-state index >= 15 is 0 Å². The molecule has 2 fully saturated rings. The van der Waals surface area contributed by atoms with Gasteiger partial charge in [-0.2, -0.15) is 0 Å². The lowest BCUT2D eigenvalue weighted by molar-refractivity contribution is -0.130. The summed E-state index contributed by atoms with van der Waals surface area (Å²) in [6.45, 7) is 4.79. The molecule has 30 heavy (non-hydrogen) atoms. The lowest BCUT2D eigenvalue weighted by Gasteiger charge is -2.28. The zero-order valence-electron chi connectivity index (χ0n) is 16.8. The predicted octanol–water partition coefficient (Wildman–Crippen LogP) is 1.89. The van der Waals surface area contributed by atoms with Crippen molar-refractivity contribution in [2.24, 2.45) is 0 Å². The Morgan fingerprint density at radius 2 is 1.90 bits per heavy atom. The first-order chi connectivity index (χ1) is 14.4. The first kappa shape index (κ1) is 22.6. The highest BCUT2D eigenvalue weighted by molar-refractivity contribution is 6.42. The molecule has 0 bridgehead atoms. The molecule has 0 saturated carbocycles. The SMILES string of the molecule is O=C1CN(CCCN2CCN(C(=O)/C=C/c3ccc(Cl)c(Cl)c3)CCC2=O)CCN1. The number of amides is 3. The first-order valence-corrected chi connectivity index (χ1v) is 10.9. The van der Waals surface area contributed by atoms with Gasteiger partial charge in [-0.15, -0.1) is 0 Å². The molecule has 2 aliphatic rings. The molecule has 3 rings (SSSR count). The van der Waals surface area contributed by atoms with E-state index in [-0.39, 0.29) is 17.7 Å². The molecule has 162 valence electrons. The van der Waals surface area contributed by atoms with E-state index in [0.717, 1.165) is 25.1 Å². The van der Waals surface area contributed by atoms with E-state index in [2.05, 4.69) is 10.2 Å². The summed E-state index contributed by atoms with van der Waals surface area (Å²) < 4.78 is 0. The minimum absolute atomic E-state index is 0.0511. The number of carbonyl (C=O) groups excluding carboxylic acids is 3. The second-order valence-corrected chi connectivity index (χ2v) is 8.26. The Morgan fingerprint density at radius 3 is 2.67 bits per heavy atom. The van der Waals surface area contributed by atoms with Gasteiger partial charge in [-0.25, -0.2) is 0 Å². The summed E-state index contributed by atoms with van der Waals surface area (Å²) in [5.41, 5.74) is 0.789. The normalized spacial score (nSPS) is 18.6. The number of rotatable bonds is 6. The van der Waals surface area contributed by atoms with Crippen LogP contribution in [0.15, 0.2) is 24.3 Å². The van der Waals surface area contributed by atoms with Gasteiger partial charge in [0.05, 0.1) is 16.6 Å². The summed E-state index contributed by atoms with van der Waals surface area (Å²) in [4.78, 5) is 42.0. The third-order valence-electron chi connectivity index (χ3n) is 5.28. The summed E-state index contributed by atoms with van der Waals surface area (Å²) in [6.07, 6.45) is 4.33. The Labute approximate surface area is 186 Å². The van der Waals surface area contributed by atoms with Gasteiger partial charge in [0.15, 0.2) is 0 Å². The predicted molar refractivity (Wildman–Crippen MR) is 117 cm³/mol. The number of piperazine rings is 1. The van der Waals surface area contributed by atoms with Gasteiger partial charge < -0.3 is 15.1 Å². The van der Waals surface area contributed by atoms with Crippen molar-refractivity contribution in [1.82, 2.24) is 20.0 Å². The van der Waals surface area contributed by atoms with Gasteiger partial charge in [-0.05, 0) is 30.2 Å². The van der Waals surface area contributed by atoms with E-state index in [9.17, 15) is 14.4 Å². The highest BCUT2D eigenvalue weighted by atomic mass is 35.5. The summed E-state index contributed by atoms with van der Waals surface area (Å²) >= 11 is 11.9. The Morgan fingerprint density at radius 1 is 1.07 bits per heavy atom. The minimum Gasteiger partial charge on any atom is -0.354 e. The largest absolute Gasteiger partial charge is 0.354 e. The van der Waals surface area contributed by atoms with Crippen molar-refractivity contribution in [3.05, 3.63) is 39.9 Å². The van der Waals surface area contributed by atoms with Gasteiger partial charge in [0.1, 0.15) is 0 Å². The standard InChI is InChI=1S/C21H26Cl2N4O3/c22-17-4-2-16(14-18(17)23)3-5-20(29)27-10-6-21(30)26(12-13-27)9-1-8-25-11-7-24-19(28)15-25/h2-5,14H,1,6-13,15H2,(H,24,28)/b5-3+. The van der Waals surface area contributed by atoms with Crippen LogP contribution in [0.2, 0.25) is 10.0 Å². The average Bonchev–Trinajstić information content (AvgIpc) is 2.91. The van der Waals surface area contributed by atoms with Gasteiger partial charge in [-0.3, -0.25) is 19.3 Å². The Balaban J connectivity index is 1.47. The number of hydrogen-bond acceptors (Lipinski definition) is 4. The molecule has 7 nitrogen and oxygen atoms in total. The van der Waals surface area contributed by atoms with Crippen molar-refractivity contribution in [1.29, 1.82) is 0 Å². The molecule has 0 atom stereocenters. The molecule has 0 aromatic heterocycles. The second-order valence-electron chi connectivity index (χ2n) is 7.44. The maximum absolute atomic E-state index is 12.5. The van der Waals surface area contributed by atoms with Gasteiger partial charge >= 0.3 is 0 Å². The van der Waals surface area contributed by atoms with Crippen LogP contribution < -0.4 is 5.32 Å². The molecule has 0 radical (unpaired) electrons. The first-order valence-electron chi connectivity index (χ1n) is 10.1. The number of benzene rings is 1. The number of halogens is 2. The van der Waals surface area contributed by atoms with Crippen LogP contribution in [0.4, 0.5) is 0 Å². The maximum atomic E-state index is 12.5. The minimum atomic E-state index is -0.130. The van der Waals surface area contributed by atoms with Gasteiger partial charge in [0.2, 0.25) is 17.7 Å². The monoisotopic (exact) mass is 452 g/mol. The smallest absolute Gasteiger partial charge is 0.246 e. The molecule has 2 heterocycles. The van der Waals surface area contributed by atoms with E-state index in [0.29, 0.717) is 55.7 Å². The molecule has 0 spiro atoms. The Bertz CT molecular complexity index is 830. The summed E-state index contributed by atoms with van der Waals surface area (Å²) in [7, 11) is 0. The van der Waals surface area contributed by atoms with Crippen molar-refractivity contribution >= 4 is 47.0 Å². The molecule has 1 aromatic rings. The topological polar surface area (TPSA) is 73.0 Å². The average molecular weight is 453 g/mol. The summed E-state index contributed by atoms with van der Waals surface area (Å²) in [6, 6.07) is 5.18. The van der Waals surface area contributed by atoms with Crippen LogP contribution in [0, 0.1) is 0 Å². The molecular weight excluding hydrogens is 427 g/mol. The van der Waals surface area contributed by atoms with Crippen LogP contribution in [0.3, 0.4) is 0 Å². The Hall–Kier alpha value is -2.09. The van der Waals surface area contributed by atoms with Crippen molar-refractivity contribution in [3.8, 4) is 0 Å². The van der Waals surface area contributed by atoms with Crippen molar-refractivity contribution < 1.29 is 14.4 Å². The fraction of sp³-hybridized carbons (Fsp3) is 0.476. The van der Waals surface area contributed by atoms with Crippen LogP contribution in [-0.4, -0.2) is 84.8 Å². The fourth-order valence-corrected chi connectivity index (χ4v) is 3.89. The molecule has 1 aromatic carbocycles. The van der Waals surface area contributed by atoms with Crippen LogP contribution in [0.1, 0.15) is 18.4 Å². The molecule has 3 amide bonds. The number of nitrogens with one attached hydrogen (secondary N) is 1. The van der Waals surface area contributed by atoms with Gasteiger partial charge in [-0.1, -0.05) is 29.3 Å². The molecule has 2 saturated heterocycles. The molecule has 0 aliphatic carbocycles. The van der Waals surface area contributed by atoms with E-state index in [1.54, 1.807) is 29.2 Å². The maximum Gasteiger partial charge on any atom is 0.246 e. The highest BCUT2D eigenvalue weighted by Crippen LogP contribution is 2.23. The Kier molecular flexibility index (Phi) is 8.13. The molecule has 1 N–H and O–H groups in total. The lowest BCUT2D eigenvalue weighted by atomic mass is 10.2. The van der Waals surface area contributed by atoms with Gasteiger partial charge in [0, 0.05) is 58.3 Å². The zero-order chi connectivity index (χ0) is 21.5. The molecule has 9 heteroatoms. The third-order valence-corrected chi connectivity index (χ3v) is 6.02. The van der Waals surface area contributed by atoms with Crippen LogP contribution >= 0.6 is 23.2 Å². The number of carbonyl (C=O) groups is 3. The lowest BCUT2D eigenvalue weighted by Crippen LogP contribution is -2.48. The van der Waals surface area contributed by atoms with E-state index in [4.69, 9.17) is 23.2 Å². The van der Waals surface area contributed by atoms with Crippen LogP contribution in [0.5, 0.6) is 0 Å². The van der Waals surface area contributed by atoms with Crippen LogP contribution in [-0.2, 0) is 14.4 Å². The fourth-order valence-electron chi connectivity index (χ4n) is 3.58. The number of hydrogen-bond donors (Lipinski definition) is 1. The van der Waals surface area contributed by atoms with Crippen molar-refractivity contribution in [2.75, 3.05) is 52.4 Å². The highest BCUT2D eigenvalue weighted by Gasteiger charge is 2.23. The van der Waals surface area contributed by atoms with E-state index in [1.165, 1.54) is 6.08 Å².